The van der Waals surface area contributed by atoms with Crippen LogP contribution in [-0.2, 0) is 0 Å². The van der Waals surface area contributed by atoms with Gasteiger partial charge in [0.05, 0.1) is 6.61 Å². The lowest BCUT2D eigenvalue weighted by atomic mass is 10.3. The zero-order valence-corrected chi connectivity index (χ0v) is 7.05. The third-order valence-corrected chi connectivity index (χ3v) is 2.07. The summed E-state index contributed by atoms with van der Waals surface area (Å²) in [5.74, 6) is 0. The van der Waals surface area contributed by atoms with Crippen LogP contribution in [0.15, 0.2) is 0 Å². The molecular weight excluding hydrogens is 140 g/mol. The minimum absolute atomic E-state index is 0.299. The summed E-state index contributed by atoms with van der Waals surface area (Å²) >= 11 is 0. The van der Waals surface area contributed by atoms with Crippen molar-refractivity contribution in [3.63, 3.8) is 0 Å². The maximum Gasteiger partial charge on any atom is 0.0558 e. The van der Waals surface area contributed by atoms with E-state index in [2.05, 4.69) is 10.2 Å². The van der Waals surface area contributed by atoms with Crippen LogP contribution in [0.25, 0.3) is 0 Å². The van der Waals surface area contributed by atoms with Crippen LogP contribution < -0.4 is 5.32 Å². The Kier molecular flexibility index (Phi) is 4.50. The molecule has 0 atom stereocenters. The average Bonchev–Trinajstić information content (AvgIpc) is 1.94. The topological polar surface area (TPSA) is 35.5 Å². The number of β-amino-alcohol motifs (C(OH)–C–C–N with tert-alkyl or cyclic N) is 1. The molecule has 1 fully saturated rings. The van der Waals surface area contributed by atoms with E-state index in [1.165, 1.54) is 12.8 Å². The molecule has 3 nitrogen and oxygen atoms in total. The quantitative estimate of drug-likeness (QED) is 0.577. The molecule has 1 rings (SSSR count). The Labute approximate surface area is 68.4 Å². The Balaban J connectivity index is 2.15. The van der Waals surface area contributed by atoms with Crippen molar-refractivity contribution in [1.29, 1.82) is 0 Å². The molecule has 11 heavy (non-hydrogen) atoms. The fourth-order valence-corrected chi connectivity index (χ4v) is 1.46. The van der Waals surface area contributed by atoms with E-state index in [1.807, 2.05) is 0 Å². The van der Waals surface area contributed by atoms with Crippen LogP contribution in [0.3, 0.4) is 0 Å². The predicted octanol–water partition coefficient (Wildman–Crippen LogP) is -0.336. The molecule has 0 aliphatic carbocycles. The largest absolute Gasteiger partial charge is 0.395 e. The van der Waals surface area contributed by atoms with Gasteiger partial charge in [-0.3, -0.25) is 0 Å². The molecule has 0 bridgehead atoms. The summed E-state index contributed by atoms with van der Waals surface area (Å²) in [6.45, 7) is 5.67. The standard InChI is InChI=1S/C8H18N2O/c11-8-7-10-5-1-3-9-4-2-6-10/h9,11H,1-8H2. The van der Waals surface area contributed by atoms with Gasteiger partial charge in [0.15, 0.2) is 0 Å². The Morgan fingerprint density at radius 3 is 2.36 bits per heavy atom. The van der Waals surface area contributed by atoms with Gasteiger partial charge in [0.25, 0.3) is 0 Å². The maximum absolute atomic E-state index is 8.72. The Bertz CT molecular complexity index is 90.1. The molecule has 1 aliphatic heterocycles. The monoisotopic (exact) mass is 158 g/mol. The molecular formula is C8H18N2O. The number of aliphatic hydroxyl groups excluding tert-OH is 1. The Morgan fingerprint density at radius 1 is 1.18 bits per heavy atom. The number of hydrogen-bond acceptors (Lipinski definition) is 3. The summed E-state index contributed by atoms with van der Waals surface area (Å²) in [7, 11) is 0. The molecule has 1 heterocycles. The fraction of sp³-hybridized carbons (Fsp3) is 1.00. The second-order valence-corrected chi connectivity index (χ2v) is 3.02. The van der Waals surface area contributed by atoms with Gasteiger partial charge in [-0.2, -0.15) is 0 Å². The molecule has 66 valence electrons. The second kappa shape index (κ2) is 5.52. The molecule has 0 spiro atoms. The first-order valence-electron chi connectivity index (χ1n) is 4.47. The van der Waals surface area contributed by atoms with E-state index >= 15 is 0 Å². The minimum atomic E-state index is 0.299. The van der Waals surface area contributed by atoms with E-state index in [4.69, 9.17) is 5.11 Å². The Hall–Kier alpha value is -0.120. The number of rotatable bonds is 2. The normalized spacial score (nSPS) is 22.6. The maximum atomic E-state index is 8.72. The van der Waals surface area contributed by atoms with Crippen LogP contribution in [0.4, 0.5) is 0 Å². The van der Waals surface area contributed by atoms with Gasteiger partial charge in [0, 0.05) is 6.54 Å². The molecule has 0 unspecified atom stereocenters. The van der Waals surface area contributed by atoms with Crippen LogP contribution in [0.1, 0.15) is 12.8 Å². The molecule has 1 aliphatic rings. The number of aliphatic hydroxyl groups is 1. The van der Waals surface area contributed by atoms with Gasteiger partial charge in [-0.1, -0.05) is 0 Å². The van der Waals surface area contributed by atoms with Crippen LogP contribution >= 0.6 is 0 Å². The van der Waals surface area contributed by atoms with Crippen molar-refractivity contribution < 1.29 is 5.11 Å². The molecule has 0 saturated carbocycles. The van der Waals surface area contributed by atoms with Gasteiger partial charge in [0.2, 0.25) is 0 Å². The van der Waals surface area contributed by atoms with Crippen molar-refractivity contribution in [3.8, 4) is 0 Å². The average molecular weight is 158 g/mol. The summed E-state index contributed by atoms with van der Waals surface area (Å²) in [4.78, 5) is 2.33. The summed E-state index contributed by atoms with van der Waals surface area (Å²) in [6, 6.07) is 0. The summed E-state index contributed by atoms with van der Waals surface area (Å²) in [5, 5.41) is 12.1. The molecule has 0 aromatic rings. The van der Waals surface area contributed by atoms with Crippen LogP contribution in [-0.4, -0.2) is 49.3 Å². The molecule has 0 amide bonds. The third kappa shape index (κ3) is 3.70. The molecule has 0 aromatic heterocycles. The summed E-state index contributed by atoms with van der Waals surface area (Å²) < 4.78 is 0. The minimum Gasteiger partial charge on any atom is -0.395 e. The van der Waals surface area contributed by atoms with Gasteiger partial charge in [-0.15, -0.1) is 0 Å². The number of nitrogens with zero attached hydrogens (tertiary/aromatic N) is 1. The van der Waals surface area contributed by atoms with E-state index in [-0.39, 0.29) is 0 Å². The van der Waals surface area contributed by atoms with E-state index in [1.54, 1.807) is 0 Å². The van der Waals surface area contributed by atoms with Gasteiger partial charge in [-0.05, 0) is 39.0 Å². The van der Waals surface area contributed by atoms with Crippen LogP contribution in [0, 0.1) is 0 Å². The third-order valence-electron chi connectivity index (χ3n) is 2.07. The van der Waals surface area contributed by atoms with E-state index < -0.39 is 0 Å². The lowest BCUT2D eigenvalue weighted by Gasteiger charge is -2.23. The predicted molar refractivity (Wildman–Crippen MR) is 45.6 cm³/mol. The molecule has 2 N–H and O–H groups in total. The van der Waals surface area contributed by atoms with Gasteiger partial charge in [-0.25, -0.2) is 0 Å². The Morgan fingerprint density at radius 2 is 1.82 bits per heavy atom. The van der Waals surface area contributed by atoms with Crippen molar-refractivity contribution in [2.45, 2.75) is 12.8 Å². The SMILES string of the molecule is OCCN1CCCNCCC1. The first-order chi connectivity index (χ1) is 5.43. The lowest BCUT2D eigenvalue weighted by molar-refractivity contribution is 0.187. The first-order valence-corrected chi connectivity index (χ1v) is 4.47. The number of nitrogens with one attached hydrogen (secondary N) is 1. The van der Waals surface area contributed by atoms with Crippen molar-refractivity contribution in [3.05, 3.63) is 0 Å². The highest BCUT2D eigenvalue weighted by Gasteiger charge is 2.05. The summed E-state index contributed by atoms with van der Waals surface area (Å²) in [5.41, 5.74) is 0. The van der Waals surface area contributed by atoms with Gasteiger partial charge in [0.1, 0.15) is 0 Å². The van der Waals surface area contributed by atoms with Crippen molar-refractivity contribution in [2.75, 3.05) is 39.3 Å². The second-order valence-electron chi connectivity index (χ2n) is 3.02. The fourth-order valence-electron chi connectivity index (χ4n) is 1.46. The van der Waals surface area contributed by atoms with E-state index in [9.17, 15) is 0 Å². The lowest BCUT2D eigenvalue weighted by Crippen LogP contribution is -2.35. The zero-order chi connectivity index (χ0) is 7.94. The summed E-state index contributed by atoms with van der Waals surface area (Å²) in [6.07, 6.45) is 2.42. The van der Waals surface area contributed by atoms with Crippen molar-refractivity contribution >= 4 is 0 Å². The van der Waals surface area contributed by atoms with E-state index in [0.29, 0.717) is 6.61 Å². The highest BCUT2D eigenvalue weighted by atomic mass is 16.3. The highest BCUT2D eigenvalue weighted by molar-refractivity contribution is 4.63. The van der Waals surface area contributed by atoms with Gasteiger partial charge >= 0.3 is 0 Å². The molecule has 0 aromatic carbocycles. The highest BCUT2D eigenvalue weighted by Crippen LogP contribution is 1.95. The smallest absolute Gasteiger partial charge is 0.0558 e. The van der Waals surface area contributed by atoms with E-state index in [0.717, 1.165) is 32.7 Å². The van der Waals surface area contributed by atoms with Crippen molar-refractivity contribution in [2.24, 2.45) is 0 Å². The molecule has 1 saturated heterocycles. The van der Waals surface area contributed by atoms with Crippen LogP contribution in [0.2, 0.25) is 0 Å². The van der Waals surface area contributed by atoms with Crippen molar-refractivity contribution in [1.82, 2.24) is 10.2 Å². The molecule has 3 heteroatoms. The van der Waals surface area contributed by atoms with Gasteiger partial charge < -0.3 is 15.3 Å². The van der Waals surface area contributed by atoms with Crippen LogP contribution in [0.5, 0.6) is 0 Å². The zero-order valence-electron chi connectivity index (χ0n) is 7.05. The number of hydrogen-bond donors (Lipinski definition) is 2. The molecule has 0 radical (unpaired) electrons. The first kappa shape index (κ1) is 8.97.